The first kappa shape index (κ1) is 7.65. The van der Waals surface area contributed by atoms with E-state index in [1.807, 2.05) is 0 Å². The van der Waals surface area contributed by atoms with Crippen LogP contribution < -0.4 is 0 Å². The van der Waals surface area contributed by atoms with Gasteiger partial charge in [-0.15, -0.1) is 0 Å². The van der Waals surface area contributed by atoms with Crippen LogP contribution in [0.1, 0.15) is 6.42 Å². The fourth-order valence-corrected chi connectivity index (χ4v) is 0.368. The molecular weight excluding hydrogens is 128 g/mol. The molecule has 0 amide bonds. The lowest BCUT2D eigenvalue weighted by atomic mass is 10.3. The molecule has 0 atom stereocenters. The summed E-state index contributed by atoms with van der Waals surface area (Å²) in [6, 6.07) is 0. The highest BCUT2D eigenvalue weighted by atomic mass is 32.1. The Bertz CT molecular complexity index is 91.3. The molecule has 0 saturated carbocycles. The number of aldehydes is 1. The predicted molar refractivity (Wildman–Crippen MR) is 30.6 cm³/mol. The highest BCUT2D eigenvalue weighted by Crippen LogP contribution is 1.82. The van der Waals surface area contributed by atoms with Crippen LogP contribution in [-0.2, 0) is 13.8 Å². The van der Waals surface area contributed by atoms with E-state index in [1.54, 1.807) is 0 Å². The first-order valence-corrected chi connectivity index (χ1v) is 2.39. The predicted octanol–water partition coefficient (Wildman–Crippen LogP) is 0.00590. The van der Waals surface area contributed by atoms with Crippen LogP contribution in [0, 0.1) is 0 Å². The van der Waals surface area contributed by atoms with Gasteiger partial charge in [-0.3, -0.25) is 4.79 Å². The topological polar surface area (TPSA) is 43.4 Å². The minimum atomic E-state index is -0.255. The van der Waals surface area contributed by atoms with E-state index in [0.29, 0.717) is 6.29 Å². The van der Waals surface area contributed by atoms with Crippen LogP contribution in [-0.4, -0.2) is 18.7 Å². The molecule has 0 rings (SSSR count). The van der Waals surface area contributed by atoms with E-state index in [9.17, 15) is 9.59 Å². The fraction of sp³-hybridized carbons (Fsp3) is 0.500. The van der Waals surface area contributed by atoms with E-state index < -0.39 is 0 Å². The highest BCUT2D eigenvalue weighted by Gasteiger charge is 1.96. The van der Waals surface area contributed by atoms with E-state index in [2.05, 4.69) is 17.1 Å². The van der Waals surface area contributed by atoms with Crippen LogP contribution in [0.3, 0.4) is 0 Å². The van der Waals surface area contributed by atoms with Crippen LogP contribution in [0.5, 0.6) is 0 Å². The van der Waals surface area contributed by atoms with Gasteiger partial charge in [0.2, 0.25) is 0 Å². The van der Waals surface area contributed by atoms with Crippen molar-refractivity contribution in [2.75, 3.05) is 6.61 Å². The van der Waals surface area contributed by atoms with Crippen LogP contribution in [0.4, 0.5) is 0 Å². The van der Waals surface area contributed by atoms with Gasteiger partial charge in [0.05, 0.1) is 6.42 Å². The highest BCUT2D eigenvalue weighted by molar-refractivity contribution is 7.75. The summed E-state index contributed by atoms with van der Waals surface area (Å²) in [4.78, 5) is 19.8. The standard InChI is InChI=1S/C4H6O3S/c5-2-1-4(6)3-7-8/h2,8H,1,3H2. The quantitative estimate of drug-likeness (QED) is 0.255. The van der Waals surface area contributed by atoms with E-state index >= 15 is 0 Å². The molecule has 0 aromatic rings. The van der Waals surface area contributed by atoms with Gasteiger partial charge in [-0.25, -0.2) is 0 Å². The third kappa shape index (κ3) is 3.83. The van der Waals surface area contributed by atoms with E-state index in [4.69, 9.17) is 0 Å². The van der Waals surface area contributed by atoms with Crippen molar-refractivity contribution in [2.45, 2.75) is 6.42 Å². The molecule has 0 fully saturated rings. The molecule has 0 aliphatic rings. The fourth-order valence-electron chi connectivity index (χ4n) is 0.224. The molecule has 3 nitrogen and oxygen atoms in total. The molecule has 0 bridgehead atoms. The van der Waals surface area contributed by atoms with Crippen molar-refractivity contribution in [1.82, 2.24) is 0 Å². The van der Waals surface area contributed by atoms with Gasteiger partial charge < -0.3 is 8.98 Å². The summed E-state index contributed by atoms with van der Waals surface area (Å²) in [6.45, 7) is -0.0954. The maximum Gasteiger partial charge on any atom is 0.166 e. The number of carbonyl (C=O) groups is 2. The lowest BCUT2D eigenvalue weighted by Gasteiger charge is -1.87. The summed E-state index contributed by atoms with van der Waals surface area (Å²) in [7, 11) is 0. The second-order valence-corrected chi connectivity index (χ2v) is 1.44. The number of carbonyl (C=O) groups excluding carboxylic acids is 2. The van der Waals surface area contributed by atoms with Gasteiger partial charge in [0.25, 0.3) is 0 Å². The largest absolute Gasteiger partial charge is 0.311 e. The van der Waals surface area contributed by atoms with Gasteiger partial charge in [-0.1, -0.05) is 0 Å². The maximum atomic E-state index is 10.2. The van der Waals surface area contributed by atoms with Crippen LogP contribution >= 0.6 is 12.9 Å². The summed E-state index contributed by atoms with van der Waals surface area (Å²) in [5, 5.41) is 0. The molecule has 8 heavy (non-hydrogen) atoms. The molecule has 0 spiro atoms. The lowest BCUT2D eigenvalue weighted by Crippen LogP contribution is -2.03. The zero-order valence-electron chi connectivity index (χ0n) is 4.16. The van der Waals surface area contributed by atoms with Crippen molar-refractivity contribution in [3.8, 4) is 0 Å². The zero-order valence-corrected chi connectivity index (χ0v) is 5.06. The smallest absolute Gasteiger partial charge is 0.166 e. The SMILES string of the molecule is O=CCC(=O)COS. The third-order valence-electron chi connectivity index (χ3n) is 0.537. The Morgan fingerprint density at radius 3 is 2.75 bits per heavy atom. The van der Waals surface area contributed by atoms with Gasteiger partial charge in [-0.2, -0.15) is 0 Å². The van der Waals surface area contributed by atoms with Crippen LogP contribution in [0.15, 0.2) is 0 Å². The molecular formula is C4H6O3S. The minimum absolute atomic E-state index is 0.0828. The zero-order chi connectivity index (χ0) is 6.41. The molecule has 0 aliphatic carbocycles. The molecule has 0 aromatic carbocycles. The lowest BCUT2D eigenvalue weighted by molar-refractivity contribution is -0.123. The summed E-state index contributed by atoms with van der Waals surface area (Å²) in [5.74, 6) is -0.255. The number of Topliss-reactive ketones (excluding diaryl/α,β-unsaturated/α-hetero) is 1. The van der Waals surface area contributed by atoms with Crippen molar-refractivity contribution in [3.05, 3.63) is 0 Å². The Kier molecular flexibility index (Phi) is 4.59. The van der Waals surface area contributed by atoms with Crippen LogP contribution in [0.25, 0.3) is 0 Å². The molecule has 0 radical (unpaired) electrons. The molecule has 0 aliphatic heterocycles. The summed E-state index contributed by atoms with van der Waals surface area (Å²) in [6.07, 6.45) is 0.454. The second-order valence-electron chi connectivity index (χ2n) is 1.18. The Hall–Kier alpha value is -0.350. The minimum Gasteiger partial charge on any atom is -0.311 e. The summed E-state index contributed by atoms with van der Waals surface area (Å²) in [5.41, 5.74) is 0. The first-order valence-electron chi connectivity index (χ1n) is 2.03. The number of hydrogen-bond donors (Lipinski definition) is 1. The van der Waals surface area contributed by atoms with Gasteiger partial charge in [0.1, 0.15) is 12.9 Å². The Balaban J connectivity index is 3.18. The monoisotopic (exact) mass is 134 g/mol. The van der Waals surface area contributed by atoms with Crippen molar-refractivity contribution in [3.63, 3.8) is 0 Å². The van der Waals surface area contributed by atoms with E-state index in [-0.39, 0.29) is 18.8 Å². The average Bonchev–Trinajstić information content (AvgIpc) is 1.68. The number of ketones is 1. The second kappa shape index (κ2) is 4.80. The molecule has 0 unspecified atom stereocenters. The van der Waals surface area contributed by atoms with Gasteiger partial charge in [0.15, 0.2) is 5.78 Å². The molecule has 0 saturated heterocycles. The molecule has 0 N–H and O–H groups in total. The maximum absolute atomic E-state index is 10.2. The summed E-state index contributed by atoms with van der Waals surface area (Å²) >= 11 is 3.32. The number of rotatable bonds is 4. The van der Waals surface area contributed by atoms with E-state index in [1.165, 1.54) is 0 Å². The van der Waals surface area contributed by atoms with Crippen molar-refractivity contribution < 1.29 is 13.8 Å². The third-order valence-corrected chi connectivity index (χ3v) is 0.666. The first-order chi connectivity index (χ1) is 3.81. The number of thiol groups is 1. The van der Waals surface area contributed by atoms with Gasteiger partial charge in [-0.05, 0) is 12.9 Å². The molecule has 0 aromatic heterocycles. The van der Waals surface area contributed by atoms with Gasteiger partial charge in [0, 0.05) is 0 Å². The Morgan fingerprint density at radius 2 is 2.38 bits per heavy atom. The summed E-state index contributed by atoms with van der Waals surface area (Å²) < 4.78 is 4.14. The van der Waals surface area contributed by atoms with Crippen molar-refractivity contribution >= 4 is 25.0 Å². The van der Waals surface area contributed by atoms with Crippen LogP contribution in [0.2, 0.25) is 0 Å². The Labute approximate surface area is 52.6 Å². The molecule has 4 heteroatoms. The van der Waals surface area contributed by atoms with Crippen molar-refractivity contribution in [2.24, 2.45) is 0 Å². The average molecular weight is 134 g/mol. The van der Waals surface area contributed by atoms with E-state index in [0.717, 1.165) is 0 Å². The molecule has 0 heterocycles. The van der Waals surface area contributed by atoms with Gasteiger partial charge >= 0.3 is 0 Å². The Morgan fingerprint density at radius 1 is 1.75 bits per heavy atom. The van der Waals surface area contributed by atoms with Crippen molar-refractivity contribution in [1.29, 1.82) is 0 Å². The number of hydrogen-bond acceptors (Lipinski definition) is 4. The molecule has 46 valence electrons. The normalized spacial score (nSPS) is 8.62.